The highest BCUT2D eigenvalue weighted by atomic mass is 19.4. The van der Waals surface area contributed by atoms with Crippen LogP contribution in [0.15, 0.2) is 0 Å². The van der Waals surface area contributed by atoms with Crippen molar-refractivity contribution in [3.05, 3.63) is 0 Å². The highest BCUT2D eigenvalue weighted by Crippen LogP contribution is 2.28. The van der Waals surface area contributed by atoms with Gasteiger partial charge in [-0.3, -0.25) is 0 Å². The second-order valence-corrected chi connectivity index (χ2v) is 3.04. The Labute approximate surface area is 68.9 Å². The lowest BCUT2D eigenvalue weighted by Gasteiger charge is -2.28. The normalized spacial score (nSPS) is 28.5. The van der Waals surface area contributed by atoms with Gasteiger partial charge in [-0.05, 0) is 12.8 Å². The molecule has 1 rings (SSSR count). The number of halogens is 3. The zero-order valence-corrected chi connectivity index (χ0v) is 6.60. The largest absolute Gasteiger partial charge is 0.403 e. The van der Waals surface area contributed by atoms with Gasteiger partial charge in [0.1, 0.15) is 6.04 Å². The Bertz CT molecular complexity index is 142. The van der Waals surface area contributed by atoms with E-state index >= 15 is 0 Å². The predicted molar refractivity (Wildman–Crippen MR) is 37.6 cm³/mol. The molecule has 0 spiro atoms. The number of alkyl halides is 3. The molecule has 0 aromatic heterocycles. The van der Waals surface area contributed by atoms with Crippen LogP contribution < -0.4 is 5.73 Å². The van der Waals surface area contributed by atoms with E-state index in [1.165, 1.54) is 0 Å². The van der Waals surface area contributed by atoms with Gasteiger partial charge < -0.3 is 10.5 Å². The first-order valence-corrected chi connectivity index (χ1v) is 3.92. The summed E-state index contributed by atoms with van der Waals surface area (Å²) >= 11 is 0. The third kappa shape index (κ3) is 2.35. The van der Waals surface area contributed by atoms with Crippen LogP contribution in [-0.2, 0) is 4.74 Å². The van der Waals surface area contributed by atoms with E-state index in [9.17, 15) is 13.2 Å². The highest BCUT2D eigenvalue weighted by molar-refractivity contribution is 4.80. The zero-order chi connectivity index (χ0) is 9.19. The van der Waals surface area contributed by atoms with Crippen LogP contribution in [0.4, 0.5) is 13.2 Å². The number of rotatable bonds is 1. The maximum absolute atomic E-state index is 12.1. The Hall–Kier alpha value is -0.290. The maximum atomic E-state index is 12.1. The van der Waals surface area contributed by atoms with E-state index in [0.29, 0.717) is 19.4 Å². The van der Waals surface area contributed by atoms with E-state index in [4.69, 9.17) is 10.5 Å². The van der Waals surface area contributed by atoms with Crippen LogP contribution >= 0.6 is 0 Å². The molecule has 0 aromatic rings. The summed E-state index contributed by atoms with van der Waals surface area (Å²) in [5, 5.41) is 0. The third-order valence-corrected chi connectivity index (χ3v) is 2.08. The second-order valence-electron chi connectivity index (χ2n) is 3.04. The van der Waals surface area contributed by atoms with Gasteiger partial charge in [-0.1, -0.05) is 0 Å². The van der Waals surface area contributed by atoms with Crippen molar-refractivity contribution in [2.75, 3.05) is 13.2 Å². The molecule has 0 aromatic carbocycles. The van der Waals surface area contributed by atoms with E-state index in [-0.39, 0.29) is 6.61 Å². The molecule has 72 valence electrons. The van der Waals surface area contributed by atoms with E-state index in [1.807, 2.05) is 0 Å². The van der Waals surface area contributed by atoms with Gasteiger partial charge >= 0.3 is 6.18 Å². The SMILES string of the molecule is N[C@@H](C1CCCOC1)C(F)(F)F. The molecule has 0 aliphatic carbocycles. The quantitative estimate of drug-likeness (QED) is 0.665. The summed E-state index contributed by atoms with van der Waals surface area (Å²) in [6.07, 6.45) is -3.10. The van der Waals surface area contributed by atoms with E-state index in [1.54, 1.807) is 0 Å². The maximum Gasteiger partial charge on any atom is 0.403 e. The molecular weight excluding hydrogens is 171 g/mol. The Balaban J connectivity index is 2.45. The van der Waals surface area contributed by atoms with Crippen molar-refractivity contribution in [3.8, 4) is 0 Å². The summed E-state index contributed by atoms with van der Waals surface area (Å²) in [6.45, 7) is 0.696. The molecular formula is C7H12F3NO. The summed E-state index contributed by atoms with van der Waals surface area (Å²) in [4.78, 5) is 0. The van der Waals surface area contributed by atoms with E-state index < -0.39 is 18.1 Å². The molecule has 1 fully saturated rings. The minimum atomic E-state index is -4.29. The predicted octanol–water partition coefficient (Wildman–Crippen LogP) is 1.30. The lowest BCUT2D eigenvalue weighted by Crippen LogP contribution is -2.46. The molecule has 1 saturated heterocycles. The first-order chi connectivity index (χ1) is 5.52. The molecule has 2 atom stereocenters. The first kappa shape index (κ1) is 9.80. The van der Waals surface area contributed by atoms with Gasteiger partial charge in [0, 0.05) is 12.5 Å². The van der Waals surface area contributed by atoms with Gasteiger partial charge in [0.25, 0.3) is 0 Å². The Morgan fingerprint density at radius 1 is 1.42 bits per heavy atom. The highest BCUT2D eigenvalue weighted by Gasteiger charge is 2.42. The van der Waals surface area contributed by atoms with Gasteiger partial charge in [-0.25, -0.2) is 0 Å². The van der Waals surface area contributed by atoms with Crippen LogP contribution in [0.5, 0.6) is 0 Å². The molecule has 1 heterocycles. The first-order valence-electron chi connectivity index (χ1n) is 3.92. The zero-order valence-electron chi connectivity index (χ0n) is 6.60. The molecule has 0 amide bonds. The van der Waals surface area contributed by atoms with Gasteiger partial charge in [0.2, 0.25) is 0 Å². The lowest BCUT2D eigenvalue weighted by molar-refractivity contribution is -0.167. The van der Waals surface area contributed by atoms with E-state index in [0.717, 1.165) is 0 Å². The molecule has 0 saturated carbocycles. The summed E-state index contributed by atoms with van der Waals surface area (Å²) in [5.74, 6) is -0.557. The third-order valence-electron chi connectivity index (χ3n) is 2.08. The standard InChI is InChI=1S/C7H12F3NO/c8-7(9,10)6(11)5-2-1-3-12-4-5/h5-6H,1-4,11H2/t5?,6-/m0/s1. The van der Waals surface area contributed by atoms with Crippen LogP contribution in [0.1, 0.15) is 12.8 Å². The molecule has 2 N–H and O–H groups in total. The lowest BCUT2D eigenvalue weighted by atomic mass is 9.94. The van der Waals surface area contributed by atoms with Crippen LogP contribution in [0, 0.1) is 5.92 Å². The summed E-state index contributed by atoms with van der Waals surface area (Å²) < 4.78 is 41.1. The smallest absolute Gasteiger partial charge is 0.381 e. The topological polar surface area (TPSA) is 35.2 Å². The molecule has 5 heteroatoms. The van der Waals surface area contributed by atoms with Crippen molar-refractivity contribution in [1.82, 2.24) is 0 Å². The summed E-state index contributed by atoms with van der Waals surface area (Å²) in [6, 6.07) is -1.72. The fourth-order valence-electron chi connectivity index (χ4n) is 1.32. The Morgan fingerprint density at radius 2 is 2.08 bits per heavy atom. The second kappa shape index (κ2) is 3.62. The Kier molecular flexibility index (Phi) is 2.95. The number of ether oxygens (including phenoxy) is 1. The van der Waals surface area contributed by atoms with Crippen molar-refractivity contribution in [2.24, 2.45) is 11.7 Å². The average molecular weight is 183 g/mol. The molecule has 0 radical (unpaired) electrons. The molecule has 0 bridgehead atoms. The molecule has 12 heavy (non-hydrogen) atoms. The minimum Gasteiger partial charge on any atom is -0.381 e. The van der Waals surface area contributed by atoms with Crippen LogP contribution in [-0.4, -0.2) is 25.4 Å². The number of hydrogen-bond acceptors (Lipinski definition) is 2. The van der Waals surface area contributed by atoms with Crippen molar-refractivity contribution in [2.45, 2.75) is 25.1 Å². The van der Waals surface area contributed by atoms with Gasteiger partial charge in [-0.2, -0.15) is 13.2 Å². The van der Waals surface area contributed by atoms with Gasteiger partial charge in [0.15, 0.2) is 0 Å². The number of hydrogen-bond donors (Lipinski definition) is 1. The van der Waals surface area contributed by atoms with Crippen LogP contribution in [0.25, 0.3) is 0 Å². The van der Waals surface area contributed by atoms with Crippen molar-refractivity contribution >= 4 is 0 Å². The van der Waals surface area contributed by atoms with Crippen molar-refractivity contribution in [3.63, 3.8) is 0 Å². The molecule has 1 aliphatic heterocycles. The minimum absolute atomic E-state index is 0.140. The van der Waals surface area contributed by atoms with Crippen molar-refractivity contribution < 1.29 is 17.9 Å². The van der Waals surface area contributed by atoms with E-state index in [2.05, 4.69) is 0 Å². The molecule has 2 nitrogen and oxygen atoms in total. The fourth-order valence-corrected chi connectivity index (χ4v) is 1.32. The number of nitrogens with two attached hydrogens (primary N) is 1. The monoisotopic (exact) mass is 183 g/mol. The van der Waals surface area contributed by atoms with Crippen LogP contribution in [0.2, 0.25) is 0 Å². The molecule has 1 unspecified atom stereocenters. The summed E-state index contributed by atoms with van der Waals surface area (Å²) in [5.41, 5.74) is 5.02. The average Bonchev–Trinajstić information content (AvgIpc) is 2.03. The van der Waals surface area contributed by atoms with Crippen molar-refractivity contribution in [1.29, 1.82) is 0 Å². The van der Waals surface area contributed by atoms with Crippen LogP contribution in [0.3, 0.4) is 0 Å². The molecule has 1 aliphatic rings. The van der Waals surface area contributed by atoms with Gasteiger partial charge in [-0.15, -0.1) is 0 Å². The Morgan fingerprint density at radius 3 is 2.50 bits per heavy atom. The van der Waals surface area contributed by atoms with Gasteiger partial charge in [0.05, 0.1) is 6.61 Å². The fraction of sp³-hybridized carbons (Fsp3) is 1.00. The summed E-state index contributed by atoms with van der Waals surface area (Å²) in [7, 11) is 0.